The minimum Gasteiger partial charge on any atom is -0.437 e. The highest BCUT2D eigenvalue weighted by atomic mass is 16.5. The summed E-state index contributed by atoms with van der Waals surface area (Å²) >= 11 is 0. The Hall–Kier alpha value is -2.17. The minimum absolute atomic E-state index is 0.495. The monoisotopic (exact) mass is 242 g/mol. The Morgan fingerprint density at radius 1 is 1.33 bits per heavy atom. The first-order valence-electron chi connectivity index (χ1n) is 6.00. The van der Waals surface area contributed by atoms with E-state index in [1.165, 1.54) is 12.8 Å². The summed E-state index contributed by atoms with van der Waals surface area (Å²) in [5.74, 6) is 3.38. The molecule has 2 aromatic rings. The van der Waals surface area contributed by atoms with E-state index in [0.717, 1.165) is 11.6 Å². The Kier molecular flexibility index (Phi) is 2.80. The van der Waals surface area contributed by atoms with Gasteiger partial charge in [0.15, 0.2) is 0 Å². The van der Waals surface area contributed by atoms with Gasteiger partial charge in [-0.05, 0) is 25.0 Å². The van der Waals surface area contributed by atoms with Crippen LogP contribution in [0.1, 0.15) is 24.6 Å². The van der Waals surface area contributed by atoms with Crippen molar-refractivity contribution in [1.29, 1.82) is 0 Å². The fraction of sp³-hybridized carbons (Fsp3) is 0.308. The predicted octanol–water partition coefficient (Wildman–Crippen LogP) is 2.58. The van der Waals surface area contributed by atoms with Crippen molar-refractivity contribution in [3.63, 3.8) is 0 Å². The number of aromatic nitrogens is 3. The van der Waals surface area contributed by atoms with Gasteiger partial charge in [0.2, 0.25) is 5.88 Å². The van der Waals surface area contributed by atoms with Crippen LogP contribution in [0, 0.1) is 0 Å². The second-order valence-corrected chi connectivity index (χ2v) is 4.26. The highest BCUT2D eigenvalue weighted by Crippen LogP contribution is 2.39. The molecule has 0 saturated heterocycles. The van der Waals surface area contributed by atoms with Crippen LogP contribution in [0.15, 0.2) is 30.6 Å². The molecule has 1 aliphatic rings. The van der Waals surface area contributed by atoms with Crippen molar-refractivity contribution in [3.05, 3.63) is 36.4 Å². The average molecular weight is 242 g/mol. The van der Waals surface area contributed by atoms with Crippen LogP contribution in [0.25, 0.3) is 0 Å². The van der Waals surface area contributed by atoms with Gasteiger partial charge in [-0.2, -0.15) is 4.98 Å². The summed E-state index contributed by atoms with van der Waals surface area (Å²) < 4.78 is 5.69. The number of anilines is 1. The average Bonchev–Trinajstić information content (AvgIpc) is 3.24. The maximum absolute atomic E-state index is 5.69. The number of rotatable bonds is 4. The highest BCUT2D eigenvalue weighted by molar-refractivity contribution is 5.40. The number of pyridine rings is 1. The number of nitrogens with zero attached hydrogens (tertiary/aromatic N) is 3. The van der Waals surface area contributed by atoms with Crippen molar-refractivity contribution in [1.82, 2.24) is 15.0 Å². The summed E-state index contributed by atoms with van der Waals surface area (Å²) in [5, 5.41) is 3.03. The second-order valence-electron chi connectivity index (χ2n) is 4.26. The maximum atomic E-state index is 5.69. The second kappa shape index (κ2) is 4.60. The molecule has 0 radical (unpaired) electrons. The molecule has 0 aliphatic heterocycles. The van der Waals surface area contributed by atoms with E-state index in [-0.39, 0.29) is 0 Å². The van der Waals surface area contributed by atoms with Gasteiger partial charge >= 0.3 is 0 Å². The summed E-state index contributed by atoms with van der Waals surface area (Å²) in [4.78, 5) is 12.9. The van der Waals surface area contributed by atoms with Crippen LogP contribution in [-0.4, -0.2) is 22.0 Å². The number of ether oxygens (including phenoxy) is 1. The van der Waals surface area contributed by atoms with E-state index in [1.807, 2.05) is 19.2 Å². The van der Waals surface area contributed by atoms with Gasteiger partial charge in [-0.3, -0.25) is 4.98 Å². The van der Waals surface area contributed by atoms with Crippen LogP contribution in [0.4, 0.5) is 5.82 Å². The van der Waals surface area contributed by atoms with E-state index in [2.05, 4.69) is 20.3 Å². The third-order valence-corrected chi connectivity index (χ3v) is 2.78. The van der Waals surface area contributed by atoms with Crippen molar-refractivity contribution in [2.24, 2.45) is 0 Å². The molecule has 0 atom stereocenters. The molecule has 1 aliphatic carbocycles. The van der Waals surface area contributed by atoms with Crippen LogP contribution in [0.2, 0.25) is 0 Å². The molecule has 5 nitrogen and oxygen atoms in total. The zero-order valence-corrected chi connectivity index (χ0v) is 10.1. The minimum atomic E-state index is 0.495. The van der Waals surface area contributed by atoms with E-state index >= 15 is 0 Å². The van der Waals surface area contributed by atoms with E-state index in [1.54, 1.807) is 18.5 Å². The largest absolute Gasteiger partial charge is 0.437 e. The molecule has 92 valence electrons. The van der Waals surface area contributed by atoms with Crippen LogP contribution < -0.4 is 10.1 Å². The molecule has 0 bridgehead atoms. The lowest BCUT2D eigenvalue weighted by Gasteiger charge is -2.08. The molecule has 1 fully saturated rings. The first kappa shape index (κ1) is 11.0. The first-order chi connectivity index (χ1) is 8.85. The van der Waals surface area contributed by atoms with Gasteiger partial charge in [-0.25, -0.2) is 4.98 Å². The summed E-state index contributed by atoms with van der Waals surface area (Å²) in [6.07, 6.45) is 5.71. The first-order valence-corrected chi connectivity index (χ1v) is 6.00. The van der Waals surface area contributed by atoms with E-state index < -0.39 is 0 Å². The SMILES string of the molecule is CNc1cc(Oc2cccnc2)nc(C2CC2)n1. The van der Waals surface area contributed by atoms with Gasteiger partial charge in [-0.1, -0.05) is 0 Å². The van der Waals surface area contributed by atoms with Gasteiger partial charge in [-0.15, -0.1) is 0 Å². The topological polar surface area (TPSA) is 59.9 Å². The zero-order chi connectivity index (χ0) is 12.4. The quantitative estimate of drug-likeness (QED) is 0.892. The molecule has 0 aromatic carbocycles. The van der Waals surface area contributed by atoms with Gasteiger partial charge in [0.1, 0.15) is 17.4 Å². The highest BCUT2D eigenvalue weighted by Gasteiger charge is 2.27. The predicted molar refractivity (Wildman–Crippen MR) is 67.9 cm³/mol. The van der Waals surface area contributed by atoms with Crippen molar-refractivity contribution in [2.75, 3.05) is 12.4 Å². The van der Waals surface area contributed by atoms with Crippen molar-refractivity contribution in [3.8, 4) is 11.6 Å². The van der Waals surface area contributed by atoms with Gasteiger partial charge < -0.3 is 10.1 Å². The lowest BCUT2D eigenvalue weighted by molar-refractivity contribution is 0.457. The molecule has 1 N–H and O–H groups in total. The van der Waals surface area contributed by atoms with Crippen LogP contribution >= 0.6 is 0 Å². The molecule has 18 heavy (non-hydrogen) atoms. The van der Waals surface area contributed by atoms with E-state index in [0.29, 0.717) is 17.5 Å². The number of hydrogen-bond donors (Lipinski definition) is 1. The molecule has 2 aromatic heterocycles. The van der Waals surface area contributed by atoms with Crippen molar-refractivity contribution in [2.45, 2.75) is 18.8 Å². The zero-order valence-electron chi connectivity index (χ0n) is 10.1. The summed E-state index contributed by atoms with van der Waals surface area (Å²) in [6.45, 7) is 0. The fourth-order valence-corrected chi connectivity index (χ4v) is 1.68. The smallest absolute Gasteiger partial charge is 0.224 e. The molecule has 1 saturated carbocycles. The normalized spacial score (nSPS) is 14.3. The van der Waals surface area contributed by atoms with Crippen molar-refractivity contribution < 1.29 is 4.74 Å². The molecule has 0 unspecified atom stereocenters. The molecule has 0 amide bonds. The van der Waals surface area contributed by atoms with Gasteiger partial charge in [0.25, 0.3) is 0 Å². The third-order valence-electron chi connectivity index (χ3n) is 2.78. The Bertz CT molecular complexity index is 540. The molecule has 3 rings (SSSR count). The van der Waals surface area contributed by atoms with Crippen LogP contribution in [0.5, 0.6) is 11.6 Å². The molecule has 5 heteroatoms. The molecular formula is C13H14N4O. The summed E-state index contributed by atoms with van der Waals surface area (Å²) in [6, 6.07) is 5.47. The Labute approximate surface area is 105 Å². The Balaban J connectivity index is 1.88. The Morgan fingerprint density at radius 3 is 2.89 bits per heavy atom. The number of nitrogens with one attached hydrogen (secondary N) is 1. The lowest BCUT2D eigenvalue weighted by atomic mass is 10.4. The van der Waals surface area contributed by atoms with E-state index in [9.17, 15) is 0 Å². The molecule has 2 heterocycles. The summed E-state index contributed by atoms with van der Waals surface area (Å²) in [7, 11) is 1.84. The number of hydrogen-bond acceptors (Lipinski definition) is 5. The summed E-state index contributed by atoms with van der Waals surface area (Å²) in [5.41, 5.74) is 0. The van der Waals surface area contributed by atoms with Crippen LogP contribution in [-0.2, 0) is 0 Å². The molecular weight excluding hydrogens is 228 g/mol. The van der Waals surface area contributed by atoms with Gasteiger partial charge in [0, 0.05) is 25.2 Å². The van der Waals surface area contributed by atoms with Crippen molar-refractivity contribution >= 4 is 5.82 Å². The third kappa shape index (κ3) is 2.40. The standard InChI is InChI=1S/C13H14N4O/c1-14-11-7-12(17-13(16-11)9-4-5-9)18-10-3-2-6-15-8-10/h2-3,6-9H,4-5H2,1H3,(H,14,16,17). The van der Waals surface area contributed by atoms with Crippen LogP contribution in [0.3, 0.4) is 0 Å². The van der Waals surface area contributed by atoms with E-state index in [4.69, 9.17) is 4.74 Å². The lowest BCUT2D eigenvalue weighted by Crippen LogP contribution is -2.01. The molecule has 0 spiro atoms. The van der Waals surface area contributed by atoms with Gasteiger partial charge in [0.05, 0.1) is 6.20 Å². The fourth-order valence-electron chi connectivity index (χ4n) is 1.68. The maximum Gasteiger partial charge on any atom is 0.224 e. The Morgan fingerprint density at radius 2 is 2.22 bits per heavy atom.